The average Bonchev–Trinajstić information content (AvgIpc) is 3.06. The van der Waals surface area contributed by atoms with Crippen molar-refractivity contribution in [2.45, 2.75) is 10.2 Å². The minimum Gasteiger partial charge on any atom is -0.733 e. The third-order valence-electron chi connectivity index (χ3n) is 6.82. The van der Waals surface area contributed by atoms with Gasteiger partial charge in [0, 0.05) is 5.92 Å². The molecule has 0 saturated carbocycles. The summed E-state index contributed by atoms with van der Waals surface area (Å²) in [5, 5.41) is 20.4. The molecule has 1 N–H and O–H groups in total. The van der Waals surface area contributed by atoms with Crippen LogP contribution < -0.4 is 10.1 Å². The van der Waals surface area contributed by atoms with Gasteiger partial charge in [-0.15, -0.1) is 0 Å². The summed E-state index contributed by atoms with van der Waals surface area (Å²) in [6.07, 6.45) is 0. The van der Waals surface area contributed by atoms with Crippen LogP contribution in [0.4, 0.5) is 11.4 Å². The Balaban J connectivity index is 1.58. The second kappa shape index (κ2) is 6.26. The Bertz CT molecular complexity index is 1230. The quantitative estimate of drug-likeness (QED) is 0.339. The molecule has 6 nitrogen and oxygen atoms in total. The van der Waals surface area contributed by atoms with Crippen LogP contribution in [0.5, 0.6) is 0 Å². The normalized spacial score (nSPS) is 27.7. The molecule has 31 heavy (non-hydrogen) atoms. The first kappa shape index (κ1) is 18.7. The lowest BCUT2D eigenvalue weighted by molar-refractivity contribution is -0.122. The first-order valence-electron chi connectivity index (χ1n) is 9.96. The number of hydrogen-bond donors (Lipinski definition) is 1. The number of imide groups is 1. The van der Waals surface area contributed by atoms with Crippen LogP contribution in [0.1, 0.15) is 28.2 Å². The van der Waals surface area contributed by atoms with Crippen molar-refractivity contribution in [2.24, 2.45) is 11.8 Å². The van der Waals surface area contributed by atoms with E-state index in [9.17, 15) is 20.0 Å². The van der Waals surface area contributed by atoms with Crippen LogP contribution in [0.25, 0.3) is 0 Å². The van der Waals surface area contributed by atoms with Gasteiger partial charge in [-0.3, -0.25) is 14.8 Å². The molecule has 3 aliphatic carbocycles. The SMILES string of the molecule is O=C1C2C3c4ccccc4C(Br)(c4ccccc43)C2C(=O)N1c1cccc(N([O-])O)c1. The molecule has 2 atom stereocenters. The number of benzene rings is 3. The maximum absolute atomic E-state index is 13.8. The number of nitrogens with zero attached hydrogens (tertiary/aromatic N) is 2. The standard InChI is InChI=1S/C24H16BrN2O4/c25-24-17-10-3-1-8-15(17)19(16-9-2-4-11-18(16)24)20-21(24)23(29)26(22(20)28)13-6-5-7-14(12-13)27(30)31/h1-12,19-21,30H/q-1. The molecule has 0 spiro atoms. The molecule has 154 valence electrons. The topological polar surface area (TPSA) is 83.9 Å². The van der Waals surface area contributed by atoms with Crippen LogP contribution in [0.3, 0.4) is 0 Å². The first-order valence-corrected chi connectivity index (χ1v) is 10.8. The summed E-state index contributed by atoms with van der Waals surface area (Å²) in [6.45, 7) is 0. The number of alkyl halides is 1. The molecule has 2 unspecified atom stereocenters. The maximum Gasteiger partial charge on any atom is 0.239 e. The zero-order valence-corrected chi connectivity index (χ0v) is 17.7. The van der Waals surface area contributed by atoms with Crippen molar-refractivity contribution in [3.05, 3.63) is 100 Å². The fourth-order valence-electron chi connectivity index (χ4n) is 5.68. The summed E-state index contributed by atoms with van der Waals surface area (Å²) < 4.78 is -0.819. The first-order chi connectivity index (χ1) is 14.9. The highest BCUT2D eigenvalue weighted by Gasteiger charge is 2.67. The summed E-state index contributed by atoms with van der Waals surface area (Å²) in [5.41, 5.74) is 4.36. The molecule has 4 aliphatic rings. The minimum atomic E-state index is -0.819. The van der Waals surface area contributed by atoms with E-state index in [0.717, 1.165) is 22.3 Å². The Morgan fingerprint density at radius 2 is 1.52 bits per heavy atom. The molecule has 3 aromatic rings. The van der Waals surface area contributed by atoms with Crippen molar-refractivity contribution in [1.29, 1.82) is 0 Å². The molecule has 0 aromatic heterocycles. The largest absolute Gasteiger partial charge is 0.733 e. The van der Waals surface area contributed by atoms with Gasteiger partial charge in [0.05, 0.1) is 27.5 Å². The van der Waals surface area contributed by atoms with Crippen molar-refractivity contribution < 1.29 is 14.8 Å². The third kappa shape index (κ3) is 2.23. The molecule has 1 saturated heterocycles. The molecule has 1 aliphatic heterocycles. The highest BCUT2D eigenvalue weighted by molar-refractivity contribution is 9.09. The smallest absolute Gasteiger partial charge is 0.239 e. The highest BCUT2D eigenvalue weighted by Crippen LogP contribution is 2.66. The summed E-state index contributed by atoms with van der Waals surface area (Å²) in [6, 6.07) is 21.8. The van der Waals surface area contributed by atoms with Gasteiger partial charge in [-0.05, 0) is 40.5 Å². The molecule has 2 bridgehead atoms. The van der Waals surface area contributed by atoms with Crippen molar-refractivity contribution in [3.63, 3.8) is 0 Å². The van der Waals surface area contributed by atoms with E-state index < -0.39 is 16.2 Å². The zero-order valence-electron chi connectivity index (χ0n) is 16.1. The molecular weight excluding hydrogens is 460 g/mol. The van der Waals surface area contributed by atoms with E-state index in [1.54, 1.807) is 6.07 Å². The summed E-state index contributed by atoms with van der Waals surface area (Å²) in [4.78, 5) is 28.7. The van der Waals surface area contributed by atoms with Gasteiger partial charge in [0.2, 0.25) is 11.8 Å². The van der Waals surface area contributed by atoms with E-state index >= 15 is 0 Å². The molecule has 1 heterocycles. The van der Waals surface area contributed by atoms with E-state index in [1.807, 2.05) is 48.5 Å². The molecule has 7 rings (SSSR count). The van der Waals surface area contributed by atoms with Crippen molar-refractivity contribution in [1.82, 2.24) is 0 Å². The van der Waals surface area contributed by atoms with Gasteiger partial charge in [-0.1, -0.05) is 70.5 Å². The Morgan fingerprint density at radius 3 is 2.13 bits per heavy atom. The van der Waals surface area contributed by atoms with Gasteiger partial charge in [0.15, 0.2) is 0 Å². The molecule has 0 radical (unpaired) electrons. The lowest BCUT2D eigenvalue weighted by atomic mass is 9.55. The van der Waals surface area contributed by atoms with Gasteiger partial charge in [0.1, 0.15) is 0 Å². The zero-order chi connectivity index (χ0) is 21.5. The van der Waals surface area contributed by atoms with Crippen molar-refractivity contribution in [2.75, 3.05) is 10.1 Å². The Labute approximate surface area is 186 Å². The number of anilines is 2. The summed E-state index contributed by atoms with van der Waals surface area (Å²) in [5.74, 6) is -2.00. The second-order valence-electron chi connectivity index (χ2n) is 8.17. The number of halogens is 1. The third-order valence-corrected chi connectivity index (χ3v) is 8.17. The minimum absolute atomic E-state index is 0.0453. The van der Waals surface area contributed by atoms with Crippen molar-refractivity contribution in [3.8, 4) is 0 Å². The summed E-state index contributed by atoms with van der Waals surface area (Å²) in [7, 11) is 0. The monoisotopic (exact) mass is 475 g/mol. The average molecular weight is 476 g/mol. The van der Waals surface area contributed by atoms with E-state index in [-0.39, 0.29) is 34.3 Å². The Morgan fingerprint density at radius 1 is 0.903 bits per heavy atom. The van der Waals surface area contributed by atoms with E-state index in [4.69, 9.17) is 0 Å². The van der Waals surface area contributed by atoms with Gasteiger partial charge in [0.25, 0.3) is 0 Å². The number of carbonyl (C=O) groups excluding carboxylic acids is 2. The van der Waals surface area contributed by atoms with Crippen LogP contribution in [-0.2, 0) is 13.9 Å². The lowest BCUT2D eigenvalue weighted by Gasteiger charge is -2.51. The number of carbonyl (C=O) groups is 2. The second-order valence-corrected chi connectivity index (χ2v) is 9.42. The highest BCUT2D eigenvalue weighted by atomic mass is 79.9. The molecule has 1 fully saturated rings. The van der Waals surface area contributed by atoms with Crippen LogP contribution >= 0.6 is 15.9 Å². The van der Waals surface area contributed by atoms with Gasteiger partial charge in [-0.25, -0.2) is 4.90 Å². The number of rotatable bonds is 2. The fourth-order valence-corrected chi connectivity index (χ4v) is 6.89. The Hall–Kier alpha value is -3.00. The predicted molar refractivity (Wildman–Crippen MR) is 118 cm³/mol. The van der Waals surface area contributed by atoms with Crippen LogP contribution in [0.15, 0.2) is 72.8 Å². The van der Waals surface area contributed by atoms with Crippen molar-refractivity contribution >= 4 is 39.1 Å². The maximum atomic E-state index is 13.8. The van der Waals surface area contributed by atoms with Crippen LogP contribution in [0, 0.1) is 17.0 Å². The van der Waals surface area contributed by atoms with E-state index in [1.165, 1.54) is 23.1 Å². The fraction of sp³-hybridized carbons (Fsp3) is 0.167. The van der Waals surface area contributed by atoms with Gasteiger partial charge in [-0.2, -0.15) is 0 Å². The number of hydrogen-bond acceptors (Lipinski definition) is 5. The van der Waals surface area contributed by atoms with Crippen LogP contribution in [0.2, 0.25) is 0 Å². The molecular formula is C24H16BrN2O4-. The van der Waals surface area contributed by atoms with E-state index in [2.05, 4.69) is 15.9 Å². The molecule has 7 heteroatoms. The molecule has 3 aromatic carbocycles. The van der Waals surface area contributed by atoms with E-state index in [0.29, 0.717) is 0 Å². The van der Waals surface area contributed by atoms with Gasteiger partial charge >= 0.3 is 0 Å². The summed E-state index contributed by atoms with van der Waals surface area (Å²) >= 11 is 3.95. The van der Waals surface area contributed by atoms with Crippen LogP contribution in [-0.4, -0.2) is 17.0 Å². The lowest BCUT2D eigenvalue weighted by Crippen LogP contribution is -2.50. The predicted octanol–water partition coefficient (Wildman–Crippen LogP) is 4.28. The number of amides is 2. The molecule has 2 amide bonds. The Kier molecular flexibility index (Phi) is 3.78. The van der Waals surface area contributed by atoms with Gasteiger partial charge < -0.3 is 10.4 Å².